The van der Waals surface area contributed by atoms with Crippen LogP contribution in [0.5, 0.6) is 0 Å². The summed E-state index contributed by atoms with van der Waals surface area (Å²) in [6, 6.07) is 14.1. The summed E-state index contributed by atoms with van der Waals surface area (Å²) in [6.07, 6.45) is 7.37. The number of benzene rings is 2. The second-order valence-corrected chi connectivity index (χ2v) is 6.24. The van der Waals surface area contributed by atoms with Crippen LogP contribution in [0.25, 0.3) is 44.1 Å². The van der Waals surface area contributed by atoms with Crippen molar-refractivity contribution in [3.8, 4) is 22.3 Å². The Labute approximate surface area is 144 Å². The summed E-state index contributed by atoms with van der Waals surface area (Å²) in [6.45, 7) is 0. The van der Waals surface area contributed by atoms with Gasteiger partial charge in [0.2, 0.25) is 0 Å². The first-order valence-electron chi connectivity index (χ1n) is 8.10. The molecule has 0 bridgehead atoms. The van der Waals surface area contributed by atoms with Gasteiger partial charge in [-0.05, 0) is 24.3 Å². The quantitative estimate of drug-likeness (QED) is 0.439. The molecule has 2 N–H and O–H groups in total. The van der Waals surface area contributed by atoms with E-state index >= 15 is 0 Å². The van der Waals surface area contributed by atoms with Crippen LogP contribution in [0.15, 0.2) is 76.3 Å². The molecule has 0 aliphatic carbocycles. The van der Waals surface area contributed by atoms with Gasteiger partial charge in [0.15, 0.2) is 0 Å². The smallest absolute Gasteiger partial charge is 0.143 e. The van der Waals surface area contributed by atoms with Crippen molar-refractivity contribution in [1.82, 2.24) is 4.57 Å². The number of furan rings is 2. The van der Waals surface area contributed by atoms with Crippen molar-refractivity contribution in [3.05, 3.63) is 67.5 Å². The highest BCUT2D eigenvalue weighted by Gasteiger charge is 2.18. The Morgan fingerprint density at radius 2 is 1.64 bits per heavy atom. The number of fused-ring (bicyclic) bond motifs is 2. The third-order valence-electron chi connectivity index (χ3n) is 4.79. The number of nitrogens with zero attached hydrogens (tertiary/aromatic N) is 1. The normalized spacial score (nSPS) is 11.6. The van der Waals surface area contributed by atoms with Crippen molar-refractivity contribution < 1.29 is 8.83 Å². The minimum absolute atomic E-state index is 0.711. The predicted octanol–water partition coefficient (Wildman–Crippen LogP) is 5.43. The number of nitrogen functional groups attached to an aromatic ring is 1. The molecule has 0 amide bonds. The van der Waals surface area contributed by atoms with E-state index in [1.54, 1.807) is 18.8 Å². The van der Waals surface area contributed by atoms with E-state index in [0.717, 1.165) is 33.2 Å². The summed E-state index contributed by atoms with van der Waals surface area (Å²) in [5.74, 6) is 0. The Kier molecular flexibility index (Phi) is 2.82. The molecule has 2 aromatic carbocycles. The van der Waals surface area contributed by atoms with E-state index in [1.807, 2.05) is 18.2 Å². The summed E-state index contributed by atoms with van der Waals surface area (Å²) in [5.41, 5.74) is 12.9. The van der Waals surface area contributed by atoms with Crippen LogP contribution in [0.1, 0.15) is 0 Å². The average molecular weight is 328 g/mol. The maximum absolute atomic E-state index is 6.06. The Bertz CT molecular complexity index is 1220. The Morgan fingerprint density at radius 3 is 2.52 bits per heavy atom. The molecule has 0 atom stereocenters. The van der Waals surface area contributed by atoms with Crippen molar-refractivity contribution in [3.63, 3.8) is 0 Å². The van der Waals surface area contributed by atoms with Crippen LogP contribution in [0, 0.1) is 0 Å². The Balaban J connectivity index is 1.80. The minimum Gasteiger partial charge on any atom is -0.471 e. The summed E-state index contributed by atoms with van der Waals surface area (Å²) in [7, 11) is 2.06. The molecule has 0 unspecified atom stereocenters. The molecule has 4 heteroatoms. The van der Waals surface area contributed by atoms with Crippen molar-refractivity contribution >= 4 is 27.6 Å². The predicted molar refractivity (Wildman–Crippen MR) is 100 cm³/mol. The number of rotatable bonds is 2. The zero-order valence-corrected chi connectivity index (χ0v) is 13.7. The molecule has 3 heterocycles. The van der Waals surface area contributed by atoms with E-state index in [0.29, 0.717) is 5.69 Å². The molecule has 0 spiro atoms. The third kappa shape index (κ3) is 1.94. The average Bonchev–Trinajstić information content (AvgIpc) is 3.35. The Morgan fingerprint density at radius 1 is 0.840 bits per heavy atom. The molecule has 4 nitrogen and oxygen atoms in total. The highest BCUT2D eigenvalue weighted by Crippen LogP contribution is 2.41. The molecule has 0 radical (unpaired) electrons. The van der Waals surface area contributed by atoms with Crippen LogP contribution >= 0.6 is 0 Å². The van der Waals surface area contributed by atoms with Crippen molar-refractivity contribution in [2.24, 2.45) is 7.05 Å². The highest BCUT2D eigenvalue weighted by molar-refractivity contribution is 6.05. The van der Waals surface area contributed by atoms with Gasteiger partial charge in [0.05, 0.1) is 18.8 Å². The lowest BCUT2D eigenvalue weighted by Gasteiger charge is -2.05. The second-order valence-electron chi connectivity index (χ2n) is 6.24. The second kappa shape index (κ2) is 5.05. The summed E-state index contributed by atoms with van der Waals surface area (Å²) < 4.78 is 13.4. The molecule has 0 aliphatic heterocycles. The number of hydrogen-bond acceptors (Lipinski definition) is 3. The van der Waals surface area contributed by atoms with Gasteiger partial charge in [-0.1, -0.05) is 18.2 Å². The van der Waals surface area contributed by atoms with Gasteiger partial charge in [-0.3, -0.25) is 0 Å². The lowest BCUT2D eigenvalue weighted by Crippen LogP contribution is -1.87. The molecule has 5 aromatic rings. The summed E-state index contributed by atoms with van der Waals surface area (Å²) >= 11 is 0. The van der Waals surface area contributed by atoms with E-state index in [9.17, 15) is 0 Å². The molecule has 25 heavy (non-hydrogen) atoms. The SMILES string of the molecule is Cn1cc(-c2cocc2-c2ccc(N)c3ccoc23)c2ccccc21. The largest absolute Gasteiger partial charge is 0.471 e. The fourth-order valence-electron chi connectivity index (χ4n) is 3.57. The van der Waals surface area contributed by atoms with E-state index in [2.05, 4.69) is 42.1 Å². The van der Waals surface area contributed by atoms with Crippen LogP contribution in [-0.2, 0) is 7.05 Å². The molecular formula is C21H16N2O2. The van der Waals surface area contributed by atoms with Gasteiger partial charge in [-0.15, -0.1) is 0 Å². The van der Waals surface area contributed by atoms with Gasteiger partial charge >= 0.3 is 0 Å². The number of aromatic nitrogens is 1. The summed E-state index contributed by atoms with van der Waals surface area (Å²) in [4.78, 5) is 0. The number of anilines is 1. The lowest BCUT2D eigenvalue weighted by atomic mass is 9.97. The zero-order valence-electron chi connectivity index (χ0n) is 13.7. The highest BCUT2D eigenvalue weighted by atomic mass is 16.3. The van der Waals surface area contributed by atoms with E-state index in [1.165, 1.54) is 10.9 Å². The number of para-hydroxylation sites is 1. The first kappa shape index (κ1) is 14.0. The number of nitrogens with two attached hydrogens (primary N) is 1. The van der Waals surface area contributed by atoms with Crippen LogP contribution in [0.3, 0.4) is 0 Å². The molecule has 5 rings (SSSR count). The van der Waals surface area contributed by atoms with Gasteiger partial charge in [0, 0.05) is 57.5 Å². The van der Waals surface area contributed by atoms with Crippen molar-refractivity contribution in [1.29, 1.82) is 0 Å². The molecule has 3 aromatic heterocycles. The number of hydrogen-bond donors (Lipinski definition) is 1. The van der Waals surface area contributed by atoms with E-state index in [4.69, 9.17) is 14.6 Å². The first-order valence-corrected chi connectivity index (χ1v) is 8.10. The maximum atomic E-state index is 6.06. The summed E-state index contributed by atoms with van der Waals surface area (Å²) in [5, 5.41) is 2.11. The van der Waals surface area contributed by atoms with E-state index < -0.39 is 0 Å². The van der Waals surface area contributed by atoms with Crippen LogP contribution < -0.4 is 5.73 Å². The fraction of sp³-hybridized carbons (Fsp3) is 0.0476. The third-order valence-corrected chi connectivity index (χ3v) is 4.79. The molecular weight excluding hydrogens is 312 g/mol. The zero-order chi connectivity index (χ0) is 17.0. The van der Waals surface area contributed by atoms with Crippen LogP contribution in [0.4, 0.5) is 5.69 Å². The van der Waals surface area contributed by atoms with Gasteiger partial charge in [0.25, 0.3) is 0 Å². The van der Waals surface area contributed by atoms with Gasteiger partial charge in [0.1, 0.15) is 5.58 Å². The minimum atomic E-state index is 0.711. The van der Waals surface area contributed by atoms with Crippen molar-refractivity contribution in [2.75, 3.05) is 5.73 Å². The van der Waals surface area contributed by atoms with Gasteiger partial charge in [-0.25, -0.2) is 0 Å². The van der Waals surface area contributed by atoms with Crippen LogP contribution in [-0.4, -0.2) is 4.57 Å². The van der Waals surface area contributed by atoms with Crippen molar-refractivity contribution in [2.45, 2.75) is 0 Å². The fourth-order valence-corrected chi connectivity index (χ4v) is 3.57. The van der Waals surface area contributed by atoms with Gasteiger partial charge < -0.3 is 19.1 Å². The van der Waals surface area contributed by atoms with Crippen LogP contribution in [0.2, 0.25) is 0 Å². The molecule has 0 saturated carbocycles. The first-order chi connectivity index (χ1) is 12.2. The molecule has 0 aliphatic rings. The number of aryl methyl sites for hydroxylation is 1. The Hall–Kier alpha value is -3.40. The standard InChI is InChI=1S/C21H16N2O2/c1-23-10-16(13-4-2-3-5-20(13)23)18-12-24-11-17(18)14-6-7-19(22)15-8-9-25-21(14)15/h2-12H,22H2,1H3. The molecule has 0 saturated heterocycles. The topological polar surface area (TPSA) is 57.2 Å². The molecule has 0 fully saturated rings. The lowest BCUT2D eigenvalue weighted by molar-refractivity contribution is 0.568. The maximum Gasteiger partial charge on any atom is 0.143 e. The van der Waals surface area contributed by atoms with Gasteiger partial charge in [-0.2, -0.15) is 0 Å². The van der Waals surface area contributed by atoms with E-state index in [-0.39, 0.29) is 0 Å². The monoisotopic (exact) mass is 328 g/mol. The molecule has 122 valence electrons.